The Kier molecular flexibility index (Phi) is 5.34. The molecule has 0 unspecified atom stereocenters. The summed E-state index contributed by atoms with van der Waals surface area (Å²) in [5.41, 5.74) is 2.90. The summed E-state index contributed by atoms with van der Waals surface area (Å²) >= 11 is 4.83. The number of carbonyl (C=O) groups is 1. The average Bonchev–Trinajstić information content (AvgIpc) is 2.81. The molecule has 0 bridgehead atoms. The molecular weight excluding hydrogens is 364 g/mol. The van der Waals surface area contributed by atoms with Gasteiger partial charge in [-0.3, -0.25) is 4.79 Å². The molecule has 0 saturated carbocycles. The Hall–Kier alpha value is -1.27. The van der Waals surface area contributed by atoms with Crippen LogP contribution in [-0.2, 0) is 16.0 Å². The van der Waals surface area contributed by atoms with Crippen LogP contribution in [0.4, 0.5) is 0 Å². The predicted octanol–water partition coefficient (Wildman–Crippen LogP) is 4.55. The Balaban J connectivity index is 2.02. The number of hydrogen-bond acceptors (Lipinski definition) is 5. The summed E-state index contributed by atoms with van der Waals surface area (Å²) in [6.45, 7) is 7.68. The monoisotopic (exact) mass is 382 g/mol. The van der Waals surface area contributed by atoms with Gasteiger partial charge in [0.1, 0.15) is 10.6 Å². The zero-order valence-electron chi connectivity index (χ0n) is 13.1. The number of rotatable bonds is 4. The van der Waals surface area contributed by atoms with Crippen LogP contribution in [0.2, 0.25) is 0 Å². The van der Waals surface area contributed by atoms with Crippen LogP contribution in [-0.4, -0.2) is 21.8 Å². The van der Waals surface area contributed by atoms with E-state index in [4.69, 9.17) is 4.74 Å². The molecule has 0 aliphatic rings. The van der Waals surface area contributed by atoms with Gasteiger partial charge in [0, 0.05) is 12.0 Å². The Labute approximate surface area is 143 Å². The molecule has 4 nitrogen and oxygen atoms in total. The van der Waals surface area contributed by atoms with Crippen molar-refractivity contribution in [3.05, 3.63) is 33.2 Å². The van der Waals surface area contributed by atoms with Crippen LogP contribution in [0.25, 0.3) is 10.6 Å². The number of carbonyl (C=O) groups excluding carboxylic acids is 1. The zero-order chi connectivity index (χ0) is 16.3. The molecule has 2 rings (SSSR count). The first kappa shape index (κ1) is 17.1. The lowest BCUT2D eigenvalue weighted by atomic mass is 10.0. The molecule has 1 heterocycles. The Bertz CT molecular complexity index is 677. The molecule has 1 aromatic heterocycles. The fourth-order valence-electron chi connectivity index (χ4n) is 2.07. The SMILES string of the molecule is Cc1cc(CCC(=O)OC(C)(C)C)ccc1-c1nnc(Br)s1. The van der Waals surface area contributed by atoms with Gasteiger partial charge in [0.25, 0.3) is 0 Å². The van der Waals surface area contributed by atoms with E-state index in [1.807, 2.05) is 39.8 Å². The van der Waals surface area contributed by atoms with Crippen LogP contribution in [0.15, 0.2) is 22.1 Å². The summed E-state index contributed by atoms with van der Waals surface area (Å²) in [6, 6.07) is 6.16. The molecule has 0 fully saturated rings. The fourth-order valence-corrected chi connectivity index (χ4v) is 3.28. The molecule has 1 aromatic carbocycles. The molecule has 0 amide bonds. The standard InChI is InChI=1S/C16H19BrN2O2S/c1-10-9-11(6-8-13(20)21-16(2,3)4)5-7-12(10)14-18-19-15(17)22-14/h5,7,9H,6,8H2,1-4H3. The Morgan fingerprint density at radius 1 is 1.32 bits per heavy atom. The first-order valence-corrected chi connectivity index (χ1v) is 8.66. The van der Waals surface area contributed by atoms with Crippen LogP contribution in [0.3, 0.4) is 0 Å². The summed E-state index contributed by atoms with van der Waals surface area (Å²) in [4.78, 5) is 11.8. The minimum absolute atomic E-state index is 0.165. The number of halogens is 1. The third kappa shape index (κ3) is 4.88. The van der Waals surface area contributed by atoms with Crippen LogP contribution >= 0.6 is 27.3 Å². The summed E-state index contributed by atoms with van der Waals surface area (Å²) in [7, 11) is 0. The molecule has 0 atom stereocenters. The number of aryl methyl sites for hydroxylation is 2. The molecule has 0 radical (unpaired) electrons. The van der Waals surface area contributed by atoms with Crippen LogP contribution < -0.4 is 0 Å². The van der Waals surface area contributed by atoms with E-state index in [0.717, 1.165) is 25.6 Å². The topological polar surface area (TPSA) is 52.1 Å². The average molecular weight is 383 g/mol. The molecule has 22 heavy (non-hydrogen) atoms. The lowest BCUT2D eigenvalue weighted by molar-refractivity contribution is -0.154. The van der Waals surface area contributed by atoms with Crippen LogP contribution in [0.5, 0.6) is 0 Å². The van der Waals surface area contributed by atoms with Gasteiger partial charge in [-0.2, -0.15) is 0 Å². The van der Waals surface area contributed by atoms with E-state index in [1.54, 1.807) is 0 Å². The molecular formula is C16H19BrN2O2S. The maximum absolute atomic E-state index is 11.8. The van der Waals surface area contributed by atoms with E-state index >= 15 is 0 Å². The van der Waals surface area contributed by atoms with Crippen molar-refractivity contribution in [2.75, 3.05) is 0 Å². The Morgan fingerprint density at radius 3 is 2.59 bits per heavy atom. The minimum Gasteiger partial charge on any atom is -0.460 e. The normalized spacial score (nSPS) is 11.5. The van der Waals surface area contributed by atoms with E-state index in [0.29, 0.717) is 12.8 Å². The summed E-state index contributed by atoms with van der Waals surface area (Å²) in [5, 5.41) is 9.00. The second-order valence-electron chi connectivity index (χ2n) is 6.10. The van der Waals surface area contributed by atoms with E-state index in [1.165, 1.54) is 11.3 Å². The van der Waals surface area contributed by atoms with E-state index in [-0.39, 0.29) is 5.97 Å². The molecule has 0 spiro atoms. The maximum Gasteiger partial charge on any atom is 0.306 e. The summed E-state index contributed by atoms with van der Waals surface area (Å²) < 4.78 is 6.10. The largest absolute Gasteiger partial charge is 0.460 e. The van der Waals surface area contributed by atoms with Gasteiger partial charge in [0.2, 0.25) is 0 Å². The highest BCUT2D eigenvalue weighted by Gasteiger charge is 2.16. The van der Waals surface area contributed by atoms with E-state index < -0.39 is 5.60 Å². The summed E-state index contributed by atoms with van der Waals surface area (Å²) in [6.07, 6.45) is 1.07. The number of hydrogen-bond donors (Lipinski definition) is 0. The van der Waals surface area contributed by atoms with Gasteiger partial charge < -0.3 is 4.74 Å². The van der Waals surface area contributed by atoms with Gasteiger partial charge in [0.15, 0.2) is 3.92 Å². The van der Waals surface area contributed by atoms with Crippen molar-refractivity contribution < 1.29 is 9.53 Å². The van der Waals surface area contributed by atoms with Crippen molar-refractivity contribution in [2.45, 2.75) is 46.1 Å². The van der Waals surface area contributed by atoms with Gasteiger partial charge in [-0.25, -0.2) is 0 Å². The molecule has 0 saturated heterocycles. The van der Waals surface area contributed by atoms with Gasteiger partial charge in [-0.05, 0) is 61.2 Å². The van der Waals surface area contributed by atoms with Crippen LogP contribution in [0.1, 0.15) is 38.3 Å². The third-order valence-electron chi connectivity index (χ3n) is 2.96. The van der Waals surface area contributed by atoms with E-state index in [2.05, 4.69) is 32.2 Å². The number of ether oxygens (including phenoxy) is 1. The Morgan fingerprint density at radius 2 is 2.05 bits per heavy atom. The lowest BCUT2D eigenvalue weighted by Crippen LogP contribution is -2.24. The maximum atomic E-state index is 11.8. The third-order valence-corrected chi connectivity index (χ3v) is 4.35. The predicted molar refractivity (Wildman–Crippen MR) is 91.9 cm³/mol. The summed E-state index contributed by atoms with van der Waals surface area (Å²) in [5.74, 6) is -0.165. The van der Waals surface area contributed by atoms with Gasteiger partial charge >= 0.3 is 5.97 Å². The van der Waals surface area contributed by atoms with Gasteiger partial charge in [-0.15, -0.1) is 10.2 Å². The van der Waals surface area contributed by atoms with Gasteiger partial charge in [-0.1, -0.05) is 29.5 Å². The first-order chi connectivity index (χ1) is 10.2. The lowest BCUT2D eigenvalue weighted by Gasteiger charge is -2.19. The number of nitrogens with zero attached hydrogens (tertiary/aromatic N) is 2. The molecule has 0 aliphatic heterocycles. The van der Waals surface area contributed by atoms with Crippen LogP contribution in [0, 0.1) is 6.92 Å². The van der Waals surface area contributed by atoms with Gasteiger partial charge in [0.05, 0.1) is 0 Å². The number of benzene rings is 1. The highest BCUT2D eigenvalue weighted by molar-refractivity contribution is 9.11. The van der Waals surface area contributed by atoms with Crippen molar-refractivity contribution >= 4 is 33.2 Å². The van der Waals surface area contributed by atoms with Crippen molar-refractivity contribution in [1.82, 2.24) is 10.2 Å². The number of aromatic nitrogens is 2. The smallest absolute Gasteiger partial charge is 0.306 e. The second kappa shape index (κ2) is 6.87. The number of esters is 1. The molecule has 118 valence electrons. The highest BCUT2D eigenvalue weighted by Crippen LogP contribution is 2.29. The molecule has 2 aromatic rings. The fraction of sp³-hybridized carbons (Fsp3) is 0.438. The highest BCUT2D eigenvalue weighted by atomic mass is 79.9. The van der Waals surface area contributed by atoms with Crippen molar-refractivity contribution in [1.29, 1.82) is 0 Å². The minimum atomic E-state index is -0.428. The molecule has 0 aliphatic carbocycles. The van der Waals surface area contributed by atoms with E-state index in [9.17, 15) is 4.79 Å². The second-order valence-corrected chi connectivity index (χ2v) is 8.35. The quantitative estimate of drug-likeness (QED) is 0.727. The van der Waals surface area contributed by atoms with Crippen molar-refractivity contribution in [2.24, 2.45) is 0 Å². The molecule has 6 heteroatoms. The molecule has 0 N–H and O–H groups in total. The van der Waals surface area contributed by atoms with Crippen molar-refractivity contribution in [3.8, 4) is 10.6 Å². The first-order valence-electron chi connectivity index (χ1n) is 7.05. The van der Waals surface area contributed by atoms with Crippen molar-refractivity contribution in [3.63, 3.8) is 0 Å². The zero-order valence-corrected chi connectivity index (χ0v) is 15.5.